The van der Waals surface area contributed by atoms with Crippen molar-refractivity contribution in [2.75, 3.05) is 13.1 Å². The zero-order valence-electron chi connectivity index (χ0n) is 8.49. The van der Waals surface area contributed by atoms with Gasteiger partial charge in [-0.1, -0.05) is 11.8 Å². The Balaban J connectivity index is 1.70. The molecule has 0 aromatic rings. The van der Waals surface area contributed by atoms with E-state index in [9.17, 15) is 9.18 Å². The van der Waals surface area contributed by atoms with Crippen LogP contribution in [-0.2, 0) is 4.79 Å². The standard InChI is InChI=1S/C11H14FNOS/c12-8-1-2-9(8)13-4-3-10-7(6-13)5-11(14)15-10/h5,8-10H,1-4,6H2. The molecule has 82 valence electrons. The van der Waals surface area contributed by atoms with Crippen molar-refractivity contribution in [2.24, 2.45) is 0 Å². The van der Waals surface area contributed by atoms with Crippen molar-refractivity contribution in [3.8, 4) is 0 Å². The highest BCUT2D eigenvalue weighted by Gasteiger charge is 2.40. The minimum absolute atomic E-state index is 0.132. The molecule has 2 aliphatic heterocycles. The zero-order chi connectivity index (χ0) is 10.4. The predicted molar refractivity (Wildman–Crippen MR) is 58.6 cm³/mol. The Hall–Kier alpha value is -0.350. The molecule has 3 rings (SSSR count). The molecule has 15 heavy (non-hydrogen) atoms. The van der Waals surface area contributed by atoms with Crippen LogP contribution < -0.4 is 0 Å². The molecule has 3 atom stereocenters. The Morgan fingerprint density at radius 1 is 1.40 bits per heavy atom. The number of halogens is 1. The highest BCUT2D eigenvalue weighted by Crippen LogP contribution is 2.38. The highest BCUT2D eigenvalue weighted by molar-refractivity contribution is 8.15. The van der Waals surface area contributed by atoms with Gasteiger partial charge in [0, 0.05) is 24.4 Å². The molecule has 2 heterocycles. The summed E-state index contributed by atoms with van der Waals surface area (Å²) < 4.78 is 13.3. The van der Waals surface area contributed by atoms with E-state index in [1.807, 2.05) is 0 Å². The number of fused-ring (bicyclic) bond motifs is 1. The molecule has 0 bridgehead atoms. The Morgan fingerprint density at radius 3 is 2.93 bits per heavy atom. The maximum Gasteiger partial charge on any atom is 0.212 e. The Labute approximate surface area is 92.9 Å². The van der Waals surface area contributed by atoms with Gasteiger partial charge in [0.2, 0.25) is 5.12 Å². The van der Waals surface area contributed by atoms with E-state index in [0.29, 0.717) is 5.25 Å². The fraction of sp³-hybridized carbons (Fsp3) is 0.727. The fourth-order valence-electron chi connectivity index (χ4n) is 2.62. The van der Waals surface area contributed by atoms with Gasteiger partial charge in [-0.3, -0.25) is 9.69 Å². The van der Waals surface area contributed by atoms with E-state index >= 15 is 0 Å². The summed E-state index contributed by atoms with van der Waals surface area (Å²) in [5.74, 6) is 0. The van der Waals surface area contributed by atoms with Gasteiger partial charge in [-0.25, -0.2) is 4.39 Å². The number of rotatable bonds is 1. The van der Waals surface area contributed by atoms with Gasteiger partial charge in [-0.15, -0.1) is 0 Å². The number of alkyl halides is 1. The second-order valence-electron chi connectivity index (χ2n) is 4.56. The normalized spacial score (nSPS) is 41.0. The van der Waals surface area contributed by atoms with E-state index in [-0.39, 0.29) is 11.2 Å². The van der Waals surface area contributed by atoms with Crippen LogP contribution >= 0.6 is 11.8 Å². The average molecular weight is 227 g/mol. The summed E-state index contributed by atoms with van der Waals surface area (Å²) >= 11 is 1.44. The summed E-state index contributed by atoms with van der Waals surface area (Å²) in [6.45, 7) is 1.77. The van der Waals surface area contributed by atoms with Crippen molar-refractivity contribution < 1.29 is 9.18 Å². The molecule has 3 unspecified atom stereocenters. The van der Waals surface area contributed by atoms with Crippen LogP contribution in [-0.4, -0.2) is 40.6 Å². The molecule has 0 amide bonds. The number of thioether (sulfide) groups is 1. The zero-order valence-corrected chi connectivity index (χ0v) is 9.30. The molecule has 0 spiro atoms. The molecule has 1 saturated heterocycles. The summed E-state index contributed by atoms with van der Waals surface area (Å²) in [5.41, 5.74) is 1.22. The Bertz CT molecular complexity index is 331. The van der Waals surface area contributed by atoms with E-state index in [4.69, 9.17) is 0 Å². The maximum absolute atomic E-state index is 13.3. The van der Waals surface area contributed by atoms with E-state index < -0.39 is 6.17 Å². The molecule has 0 N–H and O–H groups in total. The van der Waals surface area contributed by atoms with Gasteiger partial charge in [0.1, 0.15) is 6.17 Å². The fourth-order valence-corrected chi connectivity index (χ4v) is 3.64. The number of likely N-dealkylation sites (tertiary alicyclic amines) is 1. The second-order valence-corrected chi connectivity index (χ2v) is 5.77. The summed E-state index contributed by atoms with van der Waals surface area (Å²) in [6, 6.07) is 0.132. The molecule has 1 saturated carbocycles. The number of carbonyl (C=O) groups is 1. The Kier molecular flexibility index (Phi) is 2.36. The van der Waals surface area contributed by atoms with Crippen molar-refractivity contribution in [3.63, 3.8) is 0 Å². The first-order chi connectivity index (χ1) is 7.24. The van der Waals surface area contributed by atoms with Gasteiger partial charge in [-0.2, -0.15) is 0 Å². The van der Waals surface area contributed by atoms with Crippen molar-refractivity contribution in [2.45, 2.75) is 36.7 Å². The predicted octanol–water partition coefficient (Wildman–Crippen LogP) is 1.76. The smallest absolute Gasteiger partial charge is 0.212 e. The molecular formula is C11H14FNOS. The van der Waals surface area contributed by atoms with Crippen LogP contribution in [0, 0.1) is 0 Å². The minimum atomic E-state index is -0.632. The van der Waals surface area contributed by atoms with E-state index in [1.165, 1.54) is 17.3 Å². The SMILES string of the molecule is O=C1C=C2CN(C3CCC3F)CCC2S1. The summed E-state index contributed by atoms with van der Waals surface area (Å²) in [7, 11) is 0. The third kappa shape index (κ3) is 1.64. The van der Waals surface area contributed by atoms with Crippen LogP contribution in [0.3, 0.4) is 0 Å². The van der Waals surface area contributed by atoms with Crippen LogP contribution in [0.4, 0.5) is 4.39 Å². The molecule has 3 aliphatic rings. The lowest BCUT2D eigenvalue weighted by molar-refractivity contribution is -0.106. The van der Waals surface area contributed by atoms with Crippen LogP contribution in [0.1, 0.15) is 19.3 Å². The minimum Gasteiger partial charge on any atom is -0.293 e. The average Bonchev–Trinajstić information content (AvgIpc) is 2.55. The largest absolute Gasteiger partial charge is 0.293 e. The van der Waals surface area contributed by atoms with Crippen molar-refractivity contribution in [1.29, 1.82) is 0 Å². The molecule has 0 radical (unpaired) electrons. The topological polar surface area (TPSA) is 20.3 Å². The molecular weight excluding hydrogens is 213 g/mol. The lowest BCUT2D eigenvalue weighted by Gasteiger charge is -2.43. The van der Waals surface area contributed by atoms with Crippen molar-refractivity contribution >= 4 is 16.9 Å². The third-order valence-electron chi connectivity index (χ3n) is 3.66. The van der Waals surface area contributed by atoms with E-state index in [1.54, 1.807) is 6.08 Å². The second kappa shape index (κ2) is 3.59. The molecule has 2 nitrogen and oxygen atoms in total. The lowest BCUT2D eigenvalue weighted by atomic mass is 9.87. The van der Waals surface area contributed by atoms with Crippen LogP contribution in [0.2, 0.25) is 0 Å². The first kappa shape index (κ1) is 9.85. The molecule has 2 fully saturated rings. The molecule has 0 aromatic carbocycles. The van der Waals surface area contributed by atoms with Gasteiger partial charge in [0.15, 0.2) is 0 Å². The highest BCUT2D eigenvalue weighted by atomic mass is 32.2. The van der Waals surface area contributed by atoms with E-state index in [0.717, 1.165) is 32.4 Å². The molecule has 4 heteroatoms. The maximum atomic E-state index is 13.3. The van der Waals surface area contributed by atoms with Gasteiger partial charge >= 0.3 is 0 Å². The summed E-state index contributed by atoms with van der Waals surface area (Å²) in [6.07, 6.45) is 3.84. The lowest BCUT2D eigenvalue weighted by Crippen LogP contribution is -2.52. The number of nitrogens with zero attached hydrogens (tertiary/aromatic N) is 1. The Morgan fingerprint density at radius 2 is 2.27 bits per heavy atom. The van der Waals surface area contributed by atoms with Gasteiger partial charge in [0.25, 0.3) is 0 Å². The van der Waals surface area contributed by atoms with Crippen LogP contribution in [0.25, 0.3) is 0 Å². The van der Waals surface area contributed by atoms with Gasteiger partial charge < -0.3 is 0 Å². The summed E-state index contributed by atoms with van der Waals surface area (Å²) in [4.78, 5) is 13.4. The molecule has 0 aromatic heterocycles. The van der Waals surface area contributed by atoms with Crippen LogP contribution in [0.15, 0.2) is 11.6 Å². The van der Waals surface area contributed by atoms with Gasteiger partial charge in [0.05, 0.1) is 0 Å². The van der Waals surface area contributed by atoms with Crippen molar-refractivity contribution in [3.05, 3.63) is 11.6 Å². The first-order valence-electron chi connectivity index (χ1n) is 5.53. The molecule has 1 aliphatic carbocycles. The summed E-state index contributed by atoms with van der Waals surface area (Å²) in [5, 5.41) is 0.578. The van der Waals surface area contributed by atoms with Gasteiger partial charge in [-0.05, 0) is 30.9 Å². The first-order valence-corrected chi connectivity index (χ1v) is 6.41. The third-order valence-corrected chi connectivity index (χ3v) is 4.84. The number of piperidine rings is 1. The van der Waals surface area contributed by atoms with Crippen LogP contribution in [0.5, 0.6) is 0 Å². The number of hydrogen-bond acceptors (Lipinski definition) is 3. The monoisotopic (exact) mass is 227 g/mol. The number of carbonyl (C=O) groups excluding carboxylic acids is 1. The van der Waals surface area contributed by atoms with E-state index in [2.05, 4.69) is 4.90 Å². The van der Waals surface area contributed by atoms with Crippen molar-refractivity contribution in [1.82, 2.24) is 4.90 Å². The number of hydrogen-bond donors (Lipinski definition) is 0. The quantitative estimate of drug-likeness (QED) is 0.681.